The van der Waals surface area contributed by atoms with Crippen molar-refractivity contribution in [2.75, 3.05) is 25.6 Å². The maximum absolute atomic E-state index is 13.6. The number of aromatic nitrogens is 1. The number of ether oxygens (including phenoxy) is 1. The van der Waals surface area contributed by atoms with E-state index < -0.39 is 23.5 Å². The van der Waals surface area contributed by atoms with Crippen LogP contribution in [-0.2, 0) is 4.74 Å². The van der Waals surface area contributed by atoms with Crippen molar-refractivity contribution >= 4 is 11.8 Å². The molecule has 1 rings (SSSR count). The van der Waals surface area contributed by atoms with Crippen molar-refractivity contribution in [3.05, 3.63) is 23.6 Å². The number of hydrogen-bond acceptors (Lipinski definition) is 5. The SMILES string of the molecule is COCC(O)CCNc1nccc(C(=O)O)c1F. The highest BCUT2D eigenvalue weighted by molar-refractivity contribution is 5.88. The van der Waals surface area contributed by atoms with Gasteiger partial charge in [-0.2, -0.15) is 0 Å². The van der Waals surface area contributed by atoms with Crippen molar-refractivity contribution in [3.63, 3.8) is 0 Å². The topological polar surface area (TPSA) is 91.7 Å². The van der Waals surface area contributed by atoms with Crippen molar-refractivity contribution in [2.24, 2.45) is 0 Å². The first kappa shape index (κ1) is 14.3. The molecule has 0 amide bonds. The van der Waals surface area contributed by atoms with Gasteiger partial charge in [-0.1, -0.05) is 0 Å². The molecule has 0 aliphatic carbocycles. The highest BCUT2D eigenvalue weighted by Gasteiger charge is 2.14. The molecule has 0 saturated carbocycles. The number of nitrogens with zero attached hydrogens (tertiary/aromatic N) is 1. The summed E-state index contributed by atoms with van der Waals surface area (Å²) in [6.07, 6.45) is 0.889. The third-order valence-corrected chi connectivity index (χ3v) is 2.25. The number of aliphatic hydroxyl groups excluding tert-OH is 1. The number of carboxylic acid groups (broad SMARTS) is 1. The van der Waals surface area contributed by atoms with Gasteiger partial charge in [-0.25, -0.2) is 14.2 Å². The van der Waals surface area contributed by atoms with Crippen molar-refractivity contribution in [2.45, 2.75) is 12.5 Å². The van der Waals surface area contributed by atoms with Crippen LogP contribution in [0.1, 0.15) is 16.8 Å². The van der Waals surface area contributed by atoms with E-state index in [9.17, 15) is 14.3 Å². The van der Waals surface area contributed by atoms with Gasteiger partial charge in [0, 0.05) is 19.9 Å². The molecule has 0 bridgehead atoms. The number of aliphatic hydroxyl groups is 1. The molecule has 1 aromatic heterocycles. The molecule has 7 heteroatoms. The van der Waals surface area contributed by atoms with Gasteiger partial charge >= 0.3 is 5.97 Å². The van der Waals surface area contributed by atoms with Crippen LogP contribution in [0.4, 0.5) is 10.2 Å². The summed E-state index contributed by atoms with van der Waals surface area (Å²) in [5.74, 6) is -2.40. The Morgan fingerprint density at radius 1 is 1.67 bits per heavy atom. The molecule has 3 N–H and O–H groups in total. The van der Waals surface area contributed by atoms with E-state index in [1.54, 1.807) is 0 Å². The van der Waals surface area contributed by atoms with Gasteiger partial charge in [0.15, 0.2) is 11.6 Å². The van der Waals surface area contributed by atoms with Gasteiger partial charge in [0.25, 0.3) is 0 Å². The zero-order valence-electron chi connectivity index (χ0n) is 9.89. The van der Waals surface area contributed by atoms with E-state index >= 15 is 0 Å². The summed E-state index contributed by atoms with van der Waals surface area (Å²) in [4.78, 5) is 14.4. The smallest absolute Gasteiger partial charge is 0.338 e. The third-order valence-electron chi connectivity index (χ3n) is 2.25. The van der Waals surface area contributed by atoms with Crippen LogP contribution in [0.15, 0.2) is 12.3 Å². The summed E-state index contributed by atoms with van der Waals surface area (Å²) < 4.78 is 18.3. The molecule has 0 saturated heterocycles. The Morgan fingerprint density at radius 2 is 2.39 bits per heavy atom. The fourth-order valence-corrected chi connectivity index (χ4v) is 1.37. The van der Waals surface area contributed by atoms with Crippen LogP contribution in [0.25, 0.3) is 0 Å². The van der Waals surface area contributed by atoms with E-state index in [0.29, 0.717) is 6.42 Å². The molecular weight excluding hydrogens is 243 g/mol. The monoisotopic (exact) mass is 258 g/mol. The molecule has 0 aromatic carbocycles. The lowest BCUT2D eigenvalue weighted by atomic mass is 10.2. The average molecular weight is 258 g/mol. The predicted molar refractivity (Wildman–Crippen MR) is 62.1 cm³/mol. The number of rotatable bonds is 7. The van der Waals surface area contributed by atoms with Crippen LogP contribution < -0.4 is 5.32 Å². The third kappa shape index (κ3) is 3.94. The molecule has 0 aliphatic rings. The molecule has 1 unspecified atom stereocenters. The van der Waals surface area contributed by atoms with Crippen LogP contribution in [0.5, 0.6) is 0 Å². The Hall–Kier alpha value is -1.73. The number of halogens is 1. The van der Waals surface area contributed by atoms with Gasteiger partial charge < -0.3 is 20.3 Å². The molecule has 18 heavy (non-hydrogen) atoms. The fraction of sp³-hybridized carbons (Fsp3) is 0.455. The van der Waals surface area contributed by atoms with Gasteiger partial charge in [0.1, 0.15) is 5.56 Å². The number of carbonyl (C=O) groups is 1. The zero-order valence-corrected chi connectivity index (χ0v) is 9.89. The second-order valence-electron chi connectivity index (χ2n) is 3.65. The number of nitrogens with one attached hydrogen (secondary N) is 1. The minimum atomic E-state index is -1.35. The Balaban J connectivity index is 2.57. The highest BCUT2D eigenvalue weighted by atomic mass is 19.1. The minimum absolute atomic E-state index is 0.139. The summed E-state index contributed by atoms with van der Waals surface area (Å²) >= 11 is 0. The van der Waals surface area contributed by atoms with E-state index in [1.165, 1.54) is 13.3 Å². The summed E-state index contributed by atoms with van der Waals surface area (Å²) in [6, 6.07) is 1.09. The normalized spacial score (nSPS) is 12.2. The lowest BCUT2D eigenvalue weighted by molar-refractivity contribution is 0.0615. The molecule has 1 heterocycles. The summed E-state index contributed by atoms with van der Waals surface area (Å²) in [7, 11) is 1.47. The van der Waals surface area contributed by atoms with Gasteiger partial charge in [0.05, 0.1) is 12.7 Å². The first-order valence-corrected chi connectivity index (χ1v) is 5.35. The van der Waals surface area contributed by atoms with Crippen LogP contribution in [0, 0.1) is 5.82 Å². The quantitative estimate of drug-likeness (QED) is 0.667. The number of carboxylic acids is 1. The van der Waals surface area contributed by atoms with Crippen LogP contribution in [-0.4, -0.2) is 47.5 Å². The predicted octanol–water partition coefficient (Wildman–Crippen LogP) is 0.728. The second kappa shape index (κ2) is 6.87. The minimum Gasteiger partial charge on any atom is -0.478 e. The van der Waals surface area contributed by atoms with Crippen LogP contribution in [0.3, 0.4) is 0 Å². The summed E-state index contributed by atoms with van der Waals surface area (Å²) in [5, 5.41) is 20.7. The molecule has 1 aromatic rings. The van der Waals surface area contributed by atoms with E-state index in [4.69, 9.17) is 9.84 Å². The Bertz CT molecular complexity index is 414. The van der Waals surface area contributed by atoms with E-state index in [1.807, 2.05) is 0 Å². The van der Waals surface area contributed by atoms with Gasteiger partial charge in [-0.15, -0.1) is 0 Å². The molecule has 0 spiro atoms. The Morgan fingerprint density at radius 3 is 3.00 bits per heavy atom. The lowest BCUT2D eigenvalue weighted by Crippen LogP contribution is -2.19. The molecular formula is C11H15FN2O4. The zero-order chi connectivity index (χ0) is 13.5. The maximum atomic E-state index is 13.6. The number of methoxy groups -OCH3 is 1. The van der Waals surface area contributed by atoms with E-state index in [0.717, 1.165) is 6.07 Å². The van der Waals surface area contributed by atoms with Crippen molar-refractivity contribution in [1.29, 1.82) is 0 Å². The number of anilines is 1. The van der Waals surface area contributed by atoms with Crippen LogP contribution in [0.2, 0.25) is 0 Å². The number of pyridine rings is 1. The van der Waals surface area contributed by atoms with E-state index in [-0.39, 0.29) is 19.0 Å². The molecule has 0 fully saturated rings. The Labute approximate surface area is 103 Å². The first-order chi connectivity index (χ1) is 8.56. The number of aromatic carboxylic acids is 1. The molecule has 1 atom stereocenters. The van der Waals surface area contributed by atoms with Gasteiger partial charge in [0.2, 0.25) is 0 Å². The second-order valence-corrected chi connectivity index (χ2v) is 3.65. The van der Waals surface area contributed by atoms with Gasteiger partial charge in [-0.05, 0) is 12.5 Å². The largest absolute Gasteiger partial charge is 0.478 e. The van der Waals surface area contributed by atoms with Crippen molar-refractivity contribution < 1.29 is 24.1 Å². The first-order valence-electron chi connectivity index (χ1n) is 5.35. The maximum Gasteiger partial charge on any atom is 0.338 e. The molecule has 0 radical (unpaired) electrons. The standard InChI is InChI=1S/C11H15FN2O4/c1-18-6-7(15)2-4-13-10-9(12)8(11(16)17)3-5-14-10/h3,5,7,15H,2,4,6H2,1H3,(H,13,14)(H,16,17). The Kier molecular flexibility index (Phi) is 5.47. The van der Waals surface area contributed by atoms with Crippen molar-refractivity contribution in [1.82, 2.24) is 4.98 Å². The lowest BCUT2D eigenvalue weighted by Gasteiger charge is -2.11. The average Bonchev–Trinajstić information content (AvgIpc) is 2.31. The summed E-state index contributed by atoms with van der Waals surface area (Å²) in [6.45, 7) is 0.449. The molecule has 6 nitrogen and oxygen atoms in total. The highest BCUT2D eigenvalue weighted by Crippen LogP contribution is 2.14. The van der Waals surface area contributed by atoms with Gasteiger partial charge in [-0.3, -0.25) is 0 Å². The molecule has 0 aliphatic heterocycles. The fourth-order valence-electron chi connectivity index (χ4n) is 1.37. The summed E-state index contributed by atoms with van der Waals surface area (Å²) in [5.41, 5.74) is -0.440. The van der Waals surface area contributed by atoms with Crippen LogP contribution >= 0.6 is 0 Å². The number of hydrogen-bond donors (Lipinski definition) is 3. The van der Waals surface area contributed by atoms with E-state index in [2.05, 4.69) is 10.3 Å². The molecule has 100 valence electrons. The van der Waals surface area contributed by atoms with Crippen molar-refractivity contribution in [3.8, 4) is 0 Å².